The van der Waals surface area contributed by atoms with Gasteiger partial charge in [-0.25, -0.2) is 17.2 Å². The molecule has 1 aliphatic heterocycles. The summed E-state index contributed by atoms with van der Waals surface area (Å²) >= 11 is 5.89. The fourth-order valence-corrected chi connectivity index (χ4v) is 6.95. The van der Waals surface area contributed by atoms with Crippen LogP contribution in [0, 0.1) is 34.8 Å². The minimum Gasteiger partial charge on any atom is -0.490 e. The molecular formula is C20H16ClF2NO3S. The van der Waals surface area contributed by atoms with Gasteiger partial charge < -0.3 is 4.74 Å². The summed E-state index contributed by atoms with van der Waals surface area (Å²) in [6.07, 6.45) is 0.519. The number of nitrogens with zero attached hydrogens (tertiary/aromatic N) is 1. The number of benzene rings is 2. The molecule has 0 bridgehead atoms. The number of hydrogen-bond acceptors (Lipinski definition) is 4. The highest BCUT2D eigenvalue weighted by atomic mass is 35.5. The van der Waals surface area contributed by atoms with Crippen LogP contribution in [0.3, 0.4) is 0 Å². The van der Waals surface area contributed by atoms with E-state index >= 15 is 0 Å². The zero-order chi connectivity index (χ0) is 20.1. The van der Waals surface area contributed by atoms with Crippen molar-refractivity contribution in [2.24, 2.45) is 11.8 Å². The average Bonchev–Trinajstić information content (AvgIpc) is 2.69. The van der Waals surface area contributed by atoms with Crippen molar-refractivity contribution in [2.75, 3.05) is 6.61 Å². The zero-order valence-electron chi connectivity index (χ0n) is 14.7. The van der Waals surface area contributed by atoms with Crippen LogP contribution in [0.1, 0.15) is 24.8 Å². The maximum atomic E-state index is 15.0. The molecule has 0 amide bonds. The van der Waals surface area contributed by atoms with Crippen LogP contribution in [0.25, 0.3) is 0 Å². The Kier molecular flexibility index (Phi) is 4.59. The summed E-state index contributed by atoms with van der Waals surface area (Å²) in [7, 11) is -4.14. The summed E-state index contributed by atoms with van der Waals surface area (Å²) in [6.45, 7) is -0.0988. The van der Waals surface area contributed by atoms with Gasteiger partial charge in [0.1, 0.15) is 10.6 Å². The van der Waals surface area contributed by atoms with Crippen molar-refractivity contribution < 1.29 is 21.9 Å². The Balaban J connectivity index is 2.01. The molecule has 8 heteroatoms. The van der Waals surface area contributed by atoms with Crippen LogP contribution >= 0.6 is 11.6 Å². The summed E-state index contributed by atoms with van der Waals surface area (Å²) in [6, 6.07) is 9.65. The van der Waals surface area contributed by atoms with E-state index in [4.69, 9.17) is 16.3 Å². The van der Waals surface area contributed by atoms with Gasteiger partial charge in [-0.1, -0.05) is 11.6 Å². The third-order valence-corrected chi connectivity index (χ3v) is 8.63. The Morgan fingerprint density at radius 3 is 2.50 bits per heavy atom. The van der Waals surface area contributed by atoms with Gasteiger partial charge in [-0.15, -0.1) is 0 Å². The lowest BCUT2D eigenvalue weighted by atomic mass is 9.69. The third kappa shape index (κ3) is 2.62. The smallest absolute Gasteiger partial charge is 0.188 e. The molecule has 0 unspecified atom stereocenters. The molecule has 1 aliphatic carbocycles. The first kappa shape index (κ1) is 19.2. The molecular weight excluding hydrogens is 408 g/mol. The lowest BCUT2D eigenvalue weighted by Gasteiger charge is -2.48. The Hall–Kier alpha value is -2.17. The Labute approximate surface area is 166 Å². The van der Waals surface area contributed by atoms with Crippen molar-refractivity contribution in [1.29, 1.82) is 5.26 Å². The Morgan fingerprint density at radius 1 is 1.14 bits per heavy atom. The minimum absolute atomic E-state index is 0.0115. The van der Waals surface area contributed by atoms with E-state index in [1.807, 2.05) is 0 Å². The second kappa shape index (κ2) is 6.71. The molecule has 146 valence electrons. The van der Waals surface area contributed by atoms with Crippen molar-refractivity contribution in [3.63, 3.8) is 0 Å². The highest BCUT2D eigenvalue weighted by Gasteiger charge is 2.59. The molecule has 28 heavy (non-hydrogen) atoms. The van der Waals surface area contributed by atoms with Crippen LogP contribution in [-0.4, -0.2) is 15.0 Å². The monoisotopic (exact) mass is 423 g/mol. The number of rotatable bonds is 2. The number of ether oxygens (including phenoxy) is 1. The first-order valence-corrected chi connectivity index (χ1v) is 10.7. The average molecular weight is 424 g/mol. The second-order valence-corrected chi connectivity index (χ2v) is 9.83. The minimum atomic E-state index is -4.14. The Morgan fingerprint density at radius 2 is 1.82 bits per heavy atom. The van der Waals surface area contributed by atoms with Gasteiger partial charge in [0, 0.05) is 16.9 Å². The van der Waals surface area contributed by atoms with Crippen LogP contribution in [0.5, 0.6) is 5.75 Å². The van der Waals surface area contributed by atoms with Crippen LogP contribution in [0.4, 0.5) is 8.78 Å². The summed E-state index contributed by atoms with van der Waals surface area (Å²) in [5.41, 5.74) is -0.268. The summed E-state index contributed by atoms with van der Waals surface area (Å²) < 4.78 is 60.7. The van der Waals surface area contributed by atoms with Crippen LogP contribution in [0.2, 0.25) is 5.02 Å². The van der Waals surface area contributed by atoms with Crippen LogP contribution < -0.4 is 4.74 Å². The van der Waals surface area contributed by atoms with Gasteiger partial charge in [0.15, 0.2) is 21.4 Å². The summed E-state index contributed by atoms with van der Waals surface area (Å²) in [4.78, 5) is -0.0196. The first-order chi connectivity index (χ1) is 13.3. The third-order valence-electron chi connectivity index (χ3n) is 5.79. The van der Waals surface area contributed by atoms with Gasteiger partial charge >= 0.3 is 0 Å². The van der Waals surface area contributed by atoms with Gasteiger partial charge in [0.05, 0.1) is 23.1 Å². The molecule has 2 aliphatic rings. The molecule has 2 aromatic carbocycles. The molecule has 0 radical (unpaired) electrons. The molecule has 0 saturated heterocycles. The number of halogens is 3. The van der Waals surface area contributed by atoms with E-state index in [0.717, 1.165) is 12.1 Å². The molecule has 1 heterocycles. The summed E-state index contributed by atoms with van der Waals surface area (Å²) in [5, 5.41) is 9.69. The number of hydrogen-bond donors (Lipinski definition) is 0. The molecule has 4 nitrogen and oxygen atoms in total. The van der Waals surface area contributed by atoms with E-state index in [1.54, 1.807) is 0 Å². The maximum Gasteiger partial charge on any atom is 0.188 e. The normalized spacial score (nSPS) is 26.5. The van der Waals surface area contributed by atoms with Crippen molar-refractivity contribution in [3.8, 4) is 11.8 Å². The predicted molar refractivity (Wildman–Crippen MR) is 98.6 cm³/mol. The van der Waals surface area contributed by atoms with E-state index in [9.17, 15) is 22.5 Å². The van der Waals surface area contributed by atoms with E-state index in [2.05, 4.69) is 6.07 Å². The number of sulfone groups is 1. The van der Waals surface area contributed by atoms with Gasteiger partial charge in [0.2, 0.25) is 0 Å². The lowest BCUT2D eigenvalue weighted by Crippen LogP contribution is -2.52. The molecule has 0 spiro atoms. The van der Waals surface area contributed by atoms with Gasteiger partial charge in [-0.3, -0.25) is 0 Å². The molecule has 3 atom stereocenters. The van der Waals surface area contributed by atoms with E-state index < -0.39 is 32.1 Å². The quantitative estimate of drug-likeness (QED) is 0.706. The Bertz CT molecular complexity index is 1080. The standard InChI is InChI=1S/C20H16ClF2NO3S/c21-14-1-3-15(4-2-14)28(25,26)20-8-7-12(10-24)9-13(20)11-27-19-17(23)6-5-16(22)18(19)20/h1-6,12-13H,7-9,11H2/t12-,13-,20+/m1/s1. The topological polar surface area (TPSA) is 67.2 Å². The van der Waals surface area contributed by atoms with E-state index in [-0.39, 0.29) is 48.0 Å². The second-order valence-electron chi connectivity index (χ2n) is 7.19. The number of fused-ring (bicyclic) bond motifs is 3. The van der Waals surface area contributed by atoms with Crippen LogP contribution in [-0.2, 0) is 14.6 Å². The molecule has 1 saturated carbocycles. The lowest BCUT2D eigenvalue weighted by molar-refractivity contribution is 0.110. The van der Waals surface area contributed by atoms with Crippen molar-refractivity contribution >= 4 is 21.4 Å². The molecule has 4 rings (SSSR count). The predicted octanol–water partition coefficient (Wildman–Crippen LogP) is 4.62. The highest BCUT2D eigenvalue weighted by molar-refractivity contribution is 7.92. The van der Waals surface area contributed by atoms with Gasteiger partial charge in [0.25, 0.3) is 0 Å². The zero-order valence-corrected chi connectivity index (χ0v) is 16.2. The van der Waals surface area contributed by atoms with Crippen molar-refractivity contribution in [3.05, 3.63) is 58.6 Å². The molecule has 2 aromatic rings. The van der Waals surface area contributed by atoms with E-state index in [1.165, 1.54) is 24.3 Å². The fraction of sp³-hybridized carbons (Fsp3) is 0.350. The SMILES string of the molecule is N#C[C@@H]1CC[C@@]2(S(=O)(=O)c3ccc(Cl)cc3)c3c(F)ccc(F)c3OC[C@H]2C1. The van der Waals surface area contributed by atoms with Crippen LogP contribution in [0.15, 0.2) is 41.3 Å². The molecule has 1 fully saturated rings. The number of nitriles is 1. The largest absolute Gasteiger partial charge is 0.490 e. The maximum absolute atomic E-state index is 15.0. The molecule has 0 aromatic heterocycles. The van der Waals surface area contributed by atoms with Crippen molar-refractivity contribution in [1.82, 2.24) is 0 Å². The summed E-state index contributed by atoms with van der Waals surface area (Å²) in [5.74, 6) is -3.02. The van der Waals surface area contributed by atoms with Gasteiger partial charge in [-0.2, -0.15) is 5.26 Å². The molecule has 0 N–H and O–H groups in total. The van der Waals surface area contributed by atoms with E-state index in [0.29, 0.717) is 5.02 Å². The van der Waals surface area contributed by atoms with Crippen molar-refractivity contribution in [2.45, 2.75) is 28.9 Å². The fourth-order valence-electron chi connectivity index (χ4n) is 4.46. The highest BCUT2D eigenvalue weighted by Crippen LogP contribution is 2.57. The first-order valence-electron chi connectivity index (χ1n) is 8.82. The van der Waals surface area contributed by atoms with Gasteiger partial charge in [-0.05, 0) is 55.7 Å².